The first kappa shape index (κ1) is 28.4. The first-order valence-electron chi connectivity index (χ1n) is 16.4. The summed E-state index contributed by atoms with van der Waals surface area (Å²) in [6.07, 6.45) is 0. The fourth-order valence-corrected chi connectivity index (χ4v) is 7.88. The number of para-hydroxylation sites is 2. The average Bonchev–Trinajstić information content (AvgIpc) is 3.74. The van der Waals surface area contributed by atoms with Gasteiger partial charge in [0.15, 0.2) is 23.3 Å². The summed E-state index contributed by atoms with van der Waals surface area (Å²) in [4.78, 5) is 25.7. The summed E-state index contributed by atoms with van der Waals surface area (Å²) < 4.78 is 4.40. The van der Waals surface area contributed by atoms with Gasteiger partial charge in [0, 0.05) is 43.2 Å². The first-order chi connectivity index (χ1) is 24.8. The first-order valence-corrected chi connectivity index (χ1v) is 17.3. The summed E-state index contributed by atoms with van der Waals surface area (Å²) in [6, 6.07) is 54.0. The van der Waals surface area contributed by atoms with Gasteiger partial charge in [-0.25, -0.2) is 24.9 Å². The molecule has 0 radical (unpaired) electrons. The molecule has 7 heteroatoms. The summed E-state index contributed by atoms with van der Waals surface area (Å²) >= 11 is 1.67. The molecule has 0 atom stereocenters. The van der Waals surface area contributed by atoms with E-state index in [1.54, 1.807) is 11.3 Å². The Labute approximate surface area is 291 Å². The molecule has 0 aliphatic heterocycles. The summed E-state index contributed by atoms with van der Waals surface area (Å²) in [5.74, 6) is 2.32. The van der Waals surface area contributed by atoms with Gasteiger partial charge >= 0.3 is 0 Å². The number of benzene rings is 6. The van der Waals surface area contributed by atoms with Gasteiger partial charge in [-0.05, 0) is 30.3 Å². The molecule has 0 saturated carbocycles. The second kappa shape index (κ2) is 11.5. The van der Waals surface area contributed by atoms with Gasteiger partial charge in [-0.1, -0.05) is 127 Å². The molecule has 50 heavy (non-hydrogen) atoms. The van der Waals surface area contributed by atoms with Crippen LogP contribution in [0.5, 0.6) is 0 Å². The maximum absolute atomic E-state index is 5.31. The van der Waals surface area contributed by atoms with E-state index in [4.69, 9.17) is 24.9 Å². The van der Waals surface area contributed by atoms with Crippen molar-refractivity contribution in [3.8, 4) is 51.4 Å². The molecule has 6 aromatic carbocycles. The Morgan fingerprint density at radius 3 is 1.68 bits per heavy atom. The SMILES string of the molecule is c1ccc(-c2nc(-c3ccccc3)nc(-c3nc(-c4ccc5c6ccccc6n(-c6ccccc6)c5c4)nc4c3sc3ccccc34)n2)cc1. The van der Waals surface area contributed by atoms with E-state index in [2.05, 4.69) is 95.6 Å². The number of hydrogen-bond donors (Lipinski definition) is 0. The molecular weight excluding hydrogens is 633 g/mol. The van der Waals surface area contributed by atoms with E-state index in [0.29, 0.717) is 29.0 Å². The Kier molecular flexibility index (Phi) is 6.57. The third kappa shape index (κ3) is 4.67. The minimum Gasteiger partial charge on any atom is -0.309 e. The van der Waals surface area contributed by atoms with Crippen LogP contribution in [0, 0.1) is 0 Å². The standard InChI is InChI=1S/C43H26N6S/c1-4-14-27(15-5-1)40-46-41(28-16-6-2-7-17-28)48-43(47-40)38-39-37(33-21-11-13-23-36(33)50-39)44-42(45-38)29-24-25-32-31-20-10-12-22-34(31)49(35(32)26-29)30-18-8-3-9-19-30/h1-26H. The third-order valence-corrected chi connectivity index (χ3v) is 10.2. The fourth-order valence-electron chi connectivity index (χ4n) is 6.75. The lowest BCUT2D eigenvalue weighted by molar-refractivity contribution is 1.06. The monoisotopic (exact) mass is 658 g/mol. The van der Waals surface area contributed by atoms with Crippen molar-refractivity contribution >= 4 is 53.4 Å². The zero-order chi connectivity index (χ0) is 33.0. The lowest BCUT2D eigenvalue weighted by Crippen LogP contribution is -2.02. The lowest BCUT2D eigenvalue weighted by atomic mass is 10.1. The van der Waals surface area contributed by atoms with Crippen LogP contribution in [-0.4, -0.2) is 29.5 Å². The van der Waals surface area contributed by atoms with Crippen molar-refractivity contribution in [3.63, 3.8) is 0 Å². The van der Waals surface area contributed by atoms with Gasteiger partial charge in [0.1, 0.15) is 5.69 Å². The molecule has 0 N–H and O–H groups in total. The normalized spacial score (nSPS) is 11.6. The number of fused-ring (bicyclic) bond motifs is 6. The van der Waals surface area contributed by atoms with Crippen LogP contribution in [0.3, 0.4) is 0 Å². The predicted molar refractivity (Wildman–Crippen MR) is 204 cm³/mol. The number of thiophene rings is 1. The second-order valence-corrected chi connectivity index (χ2v) is 13.2. The highest BCUT2D eigenvalue weighted by Crippen LogP contribution is 2.40. The minimum absolute atomic E-state index is 0.511. The molecule has 0 aliphatic rings. The molecule has 0 saturated heterocycles. The number of aromatic nitrogens is 6. The van der Waals surface area contributed by atoms with E-state index in [-0.39, 0.29) is 0 Å². The molecule has 0 bridgehead atoms. The van der Waals surface area contributed by atoms with Crippen molar-refractivity contribution in [2.45, 2.75) is 0 Å². The van der Waals surface area contributed by atoms with Crippen molar-refractivity contribution in [2.24, 2.45) is 0 Å². The molecule has 0 fully saturated rings. The fraction of sp³-hybridized carbons (Fsp3) is 0. The van der Waals surface area contributed by atoms with Gasteiger partial charge in [-0.15, -0.1) is 11.3 Å². The quantitative estimate of drug-likeness (QED) is 0.184. The molecule has 10 rings (SSSR count). The molecule has 10 aromatic rings. The molecule has 6 nitrogen and oxygen atoms in total. The summed E-state index contributed by atoms with van der Waals surface area (Å²) in [5, 5.41) is 3.45. The molecular formula is C43H26N6S. The Morgan fingerprint density at radius 2 is 0.960 bits per heavy atom. The van der Waals surface area contributed by atoms with Gasteiger partial charge in [-0.3, -0.25) is 0 Å². The molecule has 0 amide bonds. The highest BCUT2D eigenvalue weighted by atomic mass is 32.1. The van der Waals surface area contributed by atoms with Crippen molar-refractivity contribution < 1.29 is 0 Å². The Morgan fingerprint density at radius 1 is 0.400 bits per heavy atom. The number of rotatable bonds is 5. The topological polar surface area (TPSA) is 69.4 Å². The Balaban J connectivity index is 1.25. The highest BCUT2D eigenvalue weighted by molar-refractivity contribution is 7.26. The van der Waals surface area contributed by atoms with E-state index >= 15 is 0 Å². The van der Waals surface area contributed by atoms with Gasteiger partial charge in [0.25, 0.3) is 0 Å². The lowest BCUT2D eigenvalue weighted by Gasteiger charge is -2.11. The Bertz CT molecular complexity index is 2810. The van der Waals surface area contributed by atoms with Crippen LogP contribution in [0.25, 0.3) is 93.5 Å². The zero-order valence-corrected chi connectivity index (χ0v) is 27.4. The molecule has 234 valence electrons. The van der Waals surface area contributed by atoms with Crippen LogP contribution < -0.4 is 0 Å². The Hall–Kier alpha value is -6.57. The smallest absolute Gasteiger partial charge is 0.184 e. The molecule has 4 heterocycles. The van der Waals surface area contributed by atoms with Gasteiger partial charge in [0.05, 0.1) is 21.3 Å². The van der Waals surface area contributed by atoms with E-state index < -0.39 is 0 Å². The average molecular weight is 659 g/mol. The van der Waals surface area contributed by atoms with Gasteiger partial charge in [0.2, 0.25) is 0 Å². The van der Waals surface area contributed by atoms with Crippen molar-refractivity contribution in [3.05, 3.63) is 158 Å². The van der Waals surface area contributed by atoms with E-state index in [1.807, 2.05) is 66.7 Å². The van der Waals surface area contributed by atoms with Crippen LogP contribution in [0.1, 0.15) is 0 Å². The van der Waals surface area contributed by atoms with Crippen LogP contribution in [0.2, 0.25) is 0 Å². The maximum atomic E-state index is 5.31. The zero-order valence-electron chi connectivity index (χ0n) is 26.6. The summed E-state index contributed by atoms with van der Waals surface area (Å²) in [7, 11) is 0. The largest absolute Gasteiger partial charge is 0.309 e. The van der Waals surface area contributed by atoms with Crippen molar-refractivity contribution in [1.82, 2.24) is 29.5 Å². The van der Waals surface area contributed by atoms with Crippen LogP contribution in [-0.2, 0) is 0 Å². The van der Waals surface area contributed by atoms with Crippen LogP contribution in [0.4, 0.5) is 0 Å². The molecule has 0 spiro atoms. The predicted octanol–water partition coefficient (Wildman–Crippen LogP) is 10.8. The van der Waals surface area contributed by atoms with E-state index in [1.165, 1.54) is 10.8 Å². The van der Waals surface area contributed by atoms with E-state index in [0.717, 1.165) is 53.7 Å². The van der Waals surface area contributed by atoms with Crippen LogP contribution >= 0.6 is 11.3 Å². The third-order valence-electron chi connectivity index (χ3n) is 9.08. The number of nitrogens with zero attached hydrogens (tertiary/aromatic N) is 6. The highest BCUT2D eigenvalue weighted by Gasteiger charge is 2.22. The van der Waals surface area contributed by atoms with Crippen LogP contribution in [0.15, 0.2) is 158 Å². The summed E-state index contributed by atoms with van der Waals surface area (Å²) in [5.41, 5.74) is 7.65. The van der Waals surface area contributed by atoms with Gasteiger partial charge in [-0.2, -0.15) is 0 Å². The maximum Gasteiger partial charge on any atom is 0.184 e. The van der Waals surface area contributed by atoms with Crippen molar-refractivity contribution in [1.29, 1.82) is 0 Å². The van der Waals surface area contributed by atoms with Gasteiger partial charge < -0.3 is 4.57 Å². The minimum atomic E-state index is 0.511. The van der Waals surface area contributed by atoms with Crippen molar-refractivity contribution in [2.75, 3.05) is 0 Å². The summed E-state index contributed by atoms with van der Waals surface area (Å²) in [6.45, 7) is 0. The molecule has 4 aromatic heterocycles. The number of hydrogen-bond acceptors (Lipinski definition) is 6. The molecule has 0 aliphatic carbocycles. The second-order valence-electron chi connectivity index (χ2n) is 12.1. The van der Waals surface area contributed by atoms with E-state index in [9.17, 15) is 0 Å². The molecule has 0 unspecified atom stereocenters.